The summed E-state index contributed by atoms with van der Waals surface area (Å²) in [6.45, 7) is 0. The van der Waals surface area contributed by atoms with Crippen LogP contribution in [0.4, 0.5) is 0 Å². The Morgan fingerprint density at radius 3 is 2.00 bits per heavy atom. The minimum atomic E-state index is -1.16. The SMILES string of the molecule is OC1(c2ccccc2)c2ccccc2-c2ccc(-c3ccc(Cl)cc3)cc21. The topological polar surface area (TPSA) is 20.2 Å². The van der Waals surface area contributed by atoms with E-state index in [9.17, 15) is 5.11 Å². The number of fused-ring (bicyclic) bond motifs is 3. The molecule has 0 heterocycles. The number of aliphatic hydroxyl groups is 1. The van der Waals surface area contributed by atoms with Gasteiger partial charge in [-0.1, -0.05) is 90.5 Å². The van der Waals surface area contributed by atoms with Crippen molar-refractivity contribution in [3.8, 4) is 22.3 Å². The Labute approximate surface area is 163 Å². The van der Waals surface area contributed by atoms with Crippen LogP contribution in [0.5, 0.6) is 0 Å². The van der Waals surface area contributed by atoms with Crippen molar-refractivity contribution < 1.29 is 5.11 Å². The molecule has 1 nitrogen and oxygen atoms in total. The average Bonchev–Trinajstić information content (AvgIpc) is 2.99. The van der Waals surface area contributed by atoms with E-state index in [0.717, 1.165) is 38.9 Å². The van der Waals surface area contributed by atoms with E-state index in [2.05, 4.69) is 24.3 Å². The maximum atomic E-state index is 12.0. The van der Waals surface area contributed by atoms with Crippen LogP contribution < -0.4 is 0 Å². The molecule has 0 saturated heterocycles. The Bertz CT molecular complexity index is 1130. The maximum Gasteiger partial charge on any atom is 0.141 e. The highest BCUT2D eigenvalue weighted by molar-refractivity contribution is 6.30. The van der Waals surface area contributed by atoms with Crippen molar-refractivity contribution >= 4 is 11.6 Å². The summed E-state index contributed by atoms with van der Waals surface area (Å²) in [5.74, 6) is 0. The molecule has 1 atom stereocenters. The van der Waals surface area contributed by atoms with Gasteiger partial charge in [0.25, 0.3) is 0 Å². The molecular weight excluding hydrogens is 352 g/mol. The number of rotatable bonds is 2. The lowest BCUT2D eigenvalue weighted by molar-refractivity contribution is 0.131. The average molecular weight is 369 g/mol. The molecule has 1 unspecified atom stereocenters. The first-order valence-corrected chi connectivity index (χ1v) is 9.34. The summed E-state index contributed by atoms with van der Waals surface area (Å²) in [7, 11) is 0. The molecule has 0 fully saturated rings. The molecule has 1 N–H and O–H groups in total. The Morgan fingerprint density at radius 1 is 0.593 bits per heavy atom. The van der Waals surface area contributed by atoms with Crippen LogP contribution in [0.25, 0.3) is 22.3 Å². The quantitative estimate of drug-likeness (QED) is 0.442. The van der Waals surface area contributed by atoms with Crippen LogP contribution in [0, 0.1) is 0 Å². The van der Waals surface area contributed by atoms with E-state index < -0.39 is 5.60 Å². The second-order valence-corrected chi connectivity index (χ2v) is 7.33. The Morgan fingerprint density at radius 2 is 1.22 bits per heavy atom. The molecule has 0 radical (unpaired) electrons. The summed E-state index contributed by atoms with van der Waals surface area (Å²) < 4.78 is 0. The molecule has 2 heteroatoms. The zero-order valence-corrected chi connectivity index (χ0v) is 15.3. The van der Waals surface area contributed by atoms with Crippen LogP contribution in [0.2, 0.25) is 5.02 Å². The standard InChI is InChI=1S/C25H17ClO/c26-20-13-10-17(11-14-20)18-12-15-22-21-8-4-5-9-23(21)25(27,24(22)16-18)19-6-2-1-3-7-19/h1-16,27H. The summed E-state index contributed by atoms with van der Waals surface area (Å²) in [5, 5.41) is 12.7. The van der Waals surface area contributed by atoms with E-state index >= 15 is 0 Å². The number of halogens is 1. The van der Waals surface area contributed by atoms with Gasteiger partial charge >= 0.3 is 0 Å². The summed E-state index contributed by atoms with van der Waals surface area (Å²) in [4.78, 5) is 0. The minimum Gasteiger partial charge on any atom is -0.376 e. The Balaban J connectivity index is 1.77. The number of benzene rings is 4. The number of hydrogen-bond donors (Lipinski definition) is 1. The van der Waals surface area contributed by atoms with Crippen molar-refractivity contribution in [1.82, 2.24) is 0 Å². The van der Waals surface area contributed by atoms with Crippen molar-refractivity contribution in [2.75, 3.05) is 0 Å². The molecule has 4 aromatic rings. The summed E-state index contributed by atoms with van der Waals surface area (Å²) >= 11 is 6.04. The lowest BCUT2D eigenvalue weighted by Gasteiger charge is -2.27. The van der Waals surface area contributed by atoms with Gasteiger partial charge in [-0.15, -0.1) is 0 Å². The first-order chi connectivity index (χ1) is 13.2. The normalized spacial score (nSPS) is 17.4. The van der Waals surface area contributed by atoms with Gasteiger partial charge in [0, 0.05) is 16.1 Å². The third-order valence-electron chi connectivity index (χ3n) is 5.39. The maximum absolute atomic E-state index is 12.0. The summed E-state index contributed by atoms with van der Waals surface area (Å²) in [6, 6.07) is 32.1. The smallest absolute Gasteiger partial charge is 0.141 e. The zero-order chi connectivity index (χ0) is 18.4. The van der Waals surface area contributed by atoms with Crippen molar-refractivity contribution in [2.45, 2.75) is 5.60 Å². The molecule has 1 aliphatic rings. The lowest BCUT2D eigenvalue weighted by Crippen LogP contribution is -2.26. The third-order valence-corrected chi connectivity index (χ3v) is 5.64. The van der Waals surface area contributed by atoms with Crippen molar-refractivity contribution in [3.63, 3.8) is 0 Å². The van der Waals surface area contributed by atoms with Gasteiger partial charge in [0.05, 0.1) is 0 Å². The molecule has 5 rings (SSSR count). The summed E-state index contributed by atoms with van der Waals surface area (Å²) in [5.41, 5.74) is 5.87. The van der Waals surface area contributed by atoms with Crippen LogP contribution in [0.15, 0.2) is 97.1 Å². The fraction of sp³-hybridized carbons (Fsp3) is 0.0400. The van der Waals surface area contributed by atoms with Gasteiger partial charge in [0.2, 0.25) is 0 Å². The predicted octanol–water partition coefficient (Wildman–Crippen LogP) is 6.27. The van der Waals surface area contributed by atoms with Crippen LogP contribution in [0.3, 0.4) is 0 Å². The van der Waals surface area contributed by atoms with Gasteiger partial charge in [-0.25, -0.2) is 0 Å². The van der Waals surface area contributed by atoms with Crippen LogP contribution in [0.1, 0.15) is 16.7 Å². The highest BCUT2D eigenvalue weighted by Crippen LogP contribution is 2.51. The van der Waals surface area contributed by atoms with Crippen LogP contribution >= 0.6 is 11.6 Å². The molecule has 0 aromatic heterocycles. The molecule has 0 aliphatic heterocycles. The van der Waals surface area contributed by atoms with E-state index in [-0.39, 0.29) is 0 Å². The van der Waals surface area contributed by atoms with E-state index in [1.807, 2.05) is 72.8 Å². The highest BCUT2D eigenvalue weighted by Gasteiger charge is 2.42. The summed E-state index contributed by atoms with van der Waals surface area (Å²) in [6.07, 6.45) is 0. The molecule has 0 saturated carbocycles. The third kappa shape index (κ3) is 2.43. The van der Waals surface area contributed by atoms with Gasteiger partial charge < -0.3 is 5.11 Å². The van der Waals surface area contributed by atoms with Gasteiger partial charge in [-0.3, -0.25) is 0 Å². The molecule has 0 bridgehead atoms. The monoisotopic (exact) mass is 368 g/mol. The Hall–Kier alpha value is -2.87. The van der Waals surface area contributed by atoms with Crippen molar-refractivity contribution in [1.29, 1.82) is 0 Å². The van der Waals surface area contributed by atoms with Crippen LogP contribution in [-0.2, 0) is 5.60 Å². The van der Waals surface area contributed by atoms with Crippen molar-refractivity contribution in [2.24, 2.45) is 0 Å². The number of hydrogen-bond acceptors (Lipinski definition) is 1. The van der Waals surface area contributed by atoms with Gasteiger partial charge in [-0.05, 0) is 46.0 Å². The molecule has 1 aliphatic carbocycles. The highest BCUT2D eigenvalue weighted by atomic mass is 35.5. The van der Waals surface area contributed by atoms with E-state index in [4.69, 9.17) is 11.6 Å². The second kappa shape index (κ2) is 6.09. The molecule has 0 spiro atoms. The fourth-order valence-corrected chi connectivity index (χ4v) is 4.20. The van der Waals surface area contributed by atoms with Gasteiger partial charge in [0.15, 0.2) is 0 Å². The first kappa shape index (κ1) is 16.3. The van der Waals surface area contributed by atoms with Gasteiger partial charge in [-0.2, -0.15) is 0 Å². The van der Waals surface area contributed by atoms with Crippen molar-refractivity contribution in [3.05, 3.63) is 119 Å². The lowest BCUT2D eigenvalue weighted by atomic mass is 9.83. The molecule has 4 aromatic carbocycles. The second-order valence-electron chi connectivity index (χ2n) is 6.89. The largest absolute Gasteiger partial charge is 0.376 e. The minimum absolute atomic E-state index is 0.716. The van der Waals surface area contributed by atoms with Gasteiger partial charge in [0.1, 0.15) is 5.60 Å². The van der Waals surface area contributed by atoms with Crippen LogP contribution in [-0.4, -0.2) is 5.11 Å². The first-order valence-electron chi connectivity index (χ1n) is 8.96. The zero-order valence-electron chi connectivity index (χ0n) is 14.6. The molecule has 130 valence electrons. The molecule has 27 heavy (non-hydrogen) atoms. The predicted molar refractivity (Wildman–Crippen MR) is 111 cm³/mol. The van der Waals surface area contributed by atoms with E-state index in [1.54, 1.807) is 0 Å². The van der Waals surface area contributed by atoms with E-state index in [0.29, 0.717) is 5.02 Å². The van der Waals surface area contributed by atoms with E-state index in [1.165, 1.54) is 0 Å². The molecular formula is C25H17ClO. The fourth-order valence-electron chi connectivity index (χ4n) is 4.07. The molecule has 0 amide bonds. The Kier molecular flexibility index (Phi) is 3.68.